The van der Waals surface area contributed by atoms with Crippen LogP contribution in [-0.2, 0) is 4.65 Å². The Balaban J connectivity index is 2.91. The molecular weight excluding hydrogens is 147 g/mol. The van der Waals surface area contributed by atoms with Crippen LogP contribution in [-0.4, -0.2) is 13.5 Å². The molecule has 12 heavy (non-hydrogen) atoms. The molecule has 0 aromatic heterocycles. The van der Waals surface area contributed by atoms with Gasteiger partial charge in [0.2, 0.25) is 0 Å². The van der Waals surface area contributed by atoms with E-state index >= 15 is 0 Å². The lowest BCUT2D eigenvalue weighted by Crippen LogP contribution is -2.06. The van der Waals surface area contributed by atoms with Gasteiger partial charge in [-0.1, -0.05) is 44.3 Å². The summed E-state index contributed by atoms with van der Waals surface area (Å²) >= 11 is 0. The Bertz CT molecular complexity index is 251. The van der Waals surface area contributed by atoms with Gasteiger partial charge in [-0.25, -0.2) is 0 Å². The van der Waals surface area contributed by atoms with Crippen LogP contribution in [0, 0.1) is 0 Å². The van der Waals surface area contributed by atoms with Gasteiger partial charge in [-0.05, 0) is 11.0 Å². The zero-order valence-corrected chi connectivity index (χ0v) is 7.42. The molecule has 0 saturated carbocycles. The van der Waals surface area contributed by atoms with Crippen LogP contribution in [0.3, 0.4) is 0 Å². The number of hydrogen-bond acceptors (Lipinski definition) is 1. The van der Waals surface area contributed by atoms with Crippen molar-refractivity contribution >= 4 is 6.92 Å². The van der Waals surface area contributed by atoms with Gasteiger partial charge >= 0.3 is 6.92 Å². The van der Waals surface area contributed by atoms with E-state index in [1.54, 1.807) is 12.2 Å². The van der Waals surface area contributed by atoms with Gasteiger partial charge in [-0.3, -0.25) is 0 Å². The summed E-state index contributed by atoms with van der Waals surface area (Å²) in [6, 6.07) is 0. The molecule has 0 unspecified atom stereocenters. The topological polar surface area (TPSA) is 9.23 Å². The number of rotatable bonds is 2. The Hall–Kier alpha value is -1.02. The zero-order chi connectivity index (χ0) is 8.97. The molecule has 0 amide bonds. The quantitative estimate of drug-likeness (QED) is 0.563. The van der Waals surface area contributed by atoms with Crippen molar-refractivity contribution in [1.29, 1.82) is 0 Å². The molecule has 0 atom stereocenters. The first-order valence-corrected chi connectivity index (χ1v) is 4.05. The van der Waals surface area contributed by atoms with Crippen LogP contribution in [0.4, 0.5) is 0 Å². The summed E-state index contributed by atoms with van der Waals surface area (Å²) in [5, 5.41) is 0. The molecule has 2 heteroatoms. The van der Waals surface area contributed by atoms with E-state index in [0.717, 1.165) is 0 Å². The van der Waals surface area contributed by atoms with Gasteiger partial charge in [-0.2, -0.15) is 0 Å². The first kappa shape index (κ1) is 9.08. The Morgan fingerprint density at radius 2 is 2.00 bits per heavy atom. The summed E-state index contributed by atoms with van der Waals surface area (Å²) in [5.41, 5.74) is 2.42. The second kappa shape index (κ2) is 4.12. The average molecular weight is 160 g/mol. The van der Waals surface area contributed by atoms with Crippen LogP contribution >= 0.6 is 0 Å². The minimum Gasteiger partial charge on any atom is -0.427 e. The van der Waals surface area contributed by atoms with Crippen LogP contribution < -0.4 is 0 Å². The van der Waals surface area contributed by atoms with E-state index in [4.69, 9.17) is 4.65 Å². The molecule has 0 bridgehead atoms. The van der Waals surface area contributed by atoms with E-state index in [1.165, 1.54) is 11.0 Å². The third-order valence-electron chi connectivity index (χ3n) is 1.91. The van der Waals surface area contributed by atoms with Crippen molar-refractivity contribution in [2.24, 2.45) is 0 Å². The van der Waals surface area contributed by atoms with E-state index in [1.807, 2.05) is 19.0 Å². The maximum absolute atomic E-state index is 5.45. The van der Waals surface area contributed by atoms with Crippen molar-refractivity contribution in [2.75, 3.05) is 6.61 Å². The summed E-state index contributed by atoms with van der Waals surface area (Å²) in [6.07, 6.45) is 7.55. The van der Waals surface area contributed by atoms with Gasteiger partial charge < -0.3 is 4.65 Å². The highest BCUT2D eigenvalue weighted by molar-refractivity contribution is 6.61. The average Bonchev–Trinajstić information content (AvgIpc) is 2.37. The summed E-state index contributed by atoms with van der Waals surface area (Å²) in [4.78, 5) is 0. The molecule has 1 saturated heterocycles. The van der Waals surface area contributed by atoms with Crippen molar-refractivity contribution in [1.82, 2.24) is 0 Å². The SMILES string of the molecule is C=C/C=C1/B(C)OC/C1=C/C=C. The van der Waals surface area contributed by atoms with Crippen LogP contribution in [0.2, 0.25) is 6.82 Å². The fraction of sp³-hybridized carbons (Fsp3) is 0.200. The van der Waals surface area contributed by atoms with E-state index in [0.29, 0.717) is 6.61 Å². The maximum atomic E-state index is 5.45. The molecule has 1 heterocycles. The number of hydrogen-bond donors (Lipinski definition) is 0. The highest BCUT2D eigenvalue weighted by Gasteiger charge is 2.24. The molecule has 0 radical (unpaired) electrons. The fourth-order valence-electron chi connectivity index (χ4n) is 1.31. The number of allylic oxidation sites excluding steroid dienone is 4. The standard InChI is InChI=1S/C10H13BO/c1-4-6-9-8-12-11(3)10(9)7-5-2/h4-7H,1-2,8H2,3H3/b9-6-,10-7+. The van der Waals surface area contributed by atoms with E-state index < -0.39 is 0 Å². The first-order valence-electron chi connectivity index (χ1n) is 4.05. The van der Waals surface area contributed by atoms with E-state index in [2.05, 4.69) is 13.2 Å². The molecule has 0 aliphatic carbocycles. The van der Waals surface area contributed by atoms with Gasteiger partial charge in [0.25, 0.3) is 0 Å². The summed E-state index contributed by atoms with van der Waals surface area (Å²) < 4.78 is 5.45. The zero-order valence-electron chi connectivity index (χ0n) is 7.42. The molecule has 0 N–H and O–H groups in total. The van der Waals surface area contributed by atoms with E-state index in [-0.39, 0.29) is 6.92 Å². The Labute approximate surface area is 74.2 Å². The molecule has 62 valence electrons. The summed E-state index contributed by atoms with van der Waals surface area (Å²) in [5.74, 6) is 0. The third-order valence-corrected chi connectivity index (χ3v) is 1.91. The molecule has 0 spiro atoms. The molecule has 1 rings (SSSR count). The second-order valence-corrected chi connectivity index (χ2v) is 2.74. The Morgan fingerprint density at radius 1 is 1.33 bits per heavy atom. The Morgan fingerprint density at radius 3 is 2.58 bits per heavy atom. The van der Waals surface area contributed by atoms with Crippen molar-refractivity contribution in [3.63, 3.8) is 0 Å². The molecular formula is C10H13BO. The van der Waals surface area contributed by atoms with Gasteiger partial charge in [0.05, 0.1) is 6.61 Å². The van der Waals surface area contributed by atoms with Crippen LogP contribution in [0.5, 0.6) is 0 Å². The van der Waals surface area contributed by atoms with Gasteiger partial charge in [0, 0.05) is 0 Å². The smallest absolute Gasteiger partial charge is 0.324 e. The lowest BCUT2D eigenvalue weighted by atomic mass is 9.62. The first-order chi connectivity index (χ1) is 5.79. The monoisotopic (exact) mass is 160 g/mol. The van der Waals surface area contributed by atoms with E-state index in [9.17, 15) is 0 Å². The molecule has 0 aromatic carbocycles. The van der Waals surface area contributed by atoms with Crippen molar-refractivity contribution < 1.29 is 4.65 Å². The van der Waals surface area contributed by atoms with Crippen LogP contribution in [0.15, 0.2) is 48.5 Å². The largest absolute Gasteiger partial charge is 0.427 e. The second-order valence-electron chi connectivity index (χ2n) is 2.74. The fourth-order valence-corrected chi connectivity index (χ4v) is 1.31. The molecule has 1 aliphatic heterocycles. The molecule has 1 nitrogen and oxygen atoms in total. The molecule has 0 aromatic rings. The highest BCUT2D eigenvalue weighted by atomic mass is 16.4. The predicted molar refractivity (Wildman–Crippen MR) is 54.1 cm³/mol. The predicted octanol–water partition coefficient (Wildman–Crippen LogP) is 2.40. The van der Waals surface area contributed by atoms with Gasteiger partial charge in [0.1, 0.15) is 0 Å². The summed E-state index contributed by atoms with van der Waals surface area (Å²) in [7, 11) is 0. The lowest BCUT2D eigenvalue weighted by Gasteiger charge is -1.97. The minimum absolute atomic E-state index is 0.189. The van der Waals surface area contributed by atoms with Gasteiger partial charge in [0.15, 0.2) is 0 Å². The normalized spacial score (nSPS) is 23.6. The van der Waals surface area contributed by atoms with Crippen molar-refractivity contribution in [2.45, 2.75) is 6.82 Å². The summed E-state index contributed by atoms with van der Waals surface area (Å²) in [6.45, 7) is 10.2. The van der Waals surface area contributed by atoms with Crippen LogP contribution in [0.1, 0.15) is 0 Å². The highest BCUT2D eigenvalue weighted by Crippen LogP contribution is 2.22. The van der Waals surface area contributed by atoms with Crippen molar-refractivity contribution in [3.05, 3.63) is 48.5 Å². The lowest BCUT2D eigenvalue weighted by molar-refractivity contribution is 0.388. The van der Waals surface area contributed by atoms with Crippen LogP contribution in [0.25, 0.3) is 0 Å². The van der Waals surface area contributed by atoms with Gasteiger partial charge in [-0.15, -0.1) is 0 Å². The molecule has 1 aliphatic rings. The molecule has 1 fully saturated rings. The van der Waals surface area contributed by atoms with Crippen molar-refractivity contribution in [3.8, 4) is 0 Å². The third kappa shape index (κ3) is 1.77. The minimum atomic E-state index is 0.189. The Kier molecular flexibility index (Phi) is 3.12. The maximum Gasteiger partial charge on any atom is 0.324 e.